The van der Waals surface area contributed by atoms with Crippen molar-refractivity contribution >= 4 is 21.6 Å². The predicted octanol–water partition coefficient (Wildman–Crippen LogP) is 5.56. The lowest BCUT2D eigenvalue weighted by molar-refractivity contribution is -0.120. The number of nitrogens with one attached hydrogen (secondary N) is 1. The van der Waals surface area contributed by atoms with Crippen molar-refractivity contribution in [2.24, 2.45) is 0 Å². The van der Waals surface area contributed by atoms with Gasteiger partial charge in [0, 0.05) is 0 Å². The van der Waals surface area contributed by atoms with E-state index in [9.17, 15) is 13.2 Å². The molecule has 0 aromatic heterocycles. The van der Waals surface area contributed by atoms with Gasteiger partial charge in [0.05, 0.1) is 25.1 Å². The molecular formula is C28H34N2O5S. The normalized spacial score (nSPS) is 12.2. The van der Waals surface area contributed by atoms with Gasteiger partial charge in [-0.1, -0.05) is 32.0 Å². The van der Waals surface area contributed by atoms with Crippen LogP contribution in [0.2, 0.25) is 0 Å². The molecule has 1 amide bonds. The van der Waals surface area contributed by atoms with Crippen LogP contribution in [-0.2, 0) is 14.8 Å². The first kappa shape index (κ1) is 27.1. The highest BCUT2D eigenvalue weighted by Crippen LogP contribution is 2.32. The second-order valence-corrected chi connectivity index (χ2v) is 11.0. The average Bonchev–Trinajstić information content (AvgIpc) is 2.82. The Morgan fingerprint density at radius 1 is 0.944 bits per heavy atom. The van der Waals surface area contributed by atoms with Gasteiger partial charge in [-0.25, -0.2) is 8.42 Å². The van der Waals surface area contributed by atoms with Crippen LogP contribution in [0.4, 0.5) is 5.69 Å². The Kier molecular flexibility index (Phi) is 8.63. The Morgan fingerprint density at radius 2 is 1.56 bits per heavy atom. The summed E-state index contributed by atoms with van der Waals surface area (Å²) in [5.74, 6) is 1.89. The van der Waals surface area contributed by atoms with Gasteiger partial charge in [0.15, 0.2) is 0 Å². The van der Waals surface area contributed by atoms with E-state index in [0.29, 0.717) is 17.2 Å². The maximum Gasteiger partial charge on any atom is 0.241 e. The molecule has 0 radical (unpaired) electrons. The van der Waals surface area contributed by atoms with Crippen molar-refractivity contribution in [1.82, 2.24) is 5.32 Å². The fourth-order valence-corrected chi connectivity index (χ4v) is 4.87. The van der Waals surface area contributed by atoms with Crippen LogP contribution in [-0.4, -0.2) is 34.2 Å². The number of benzene rings is 3. The summed E-state index contributed by atoms with van der Waals surface area (Å²) in [4.78, 5) is 13.0. The molecule has 1 N–H and O–H groups in total. The Balaban J connectivity index is 1.75. The molecular weight excluding hydrogens is 476 g/mol. The Hall–Kier alpha value is -3.52. The lowest BCUT2D eigenvalue weighted by Crippen LogP contribution is -2.41. The zero-order valence-corrected chi connectivity index (χ0v) is 22.4. The number of carbonyl (C=O) groups is 1. The molecule has 1 atom stereocenters. The zero-order chi connectivity index (χ0) is 26.5. The summed E-state index contributed by atoms with van der Waals surface area (Å²) in [5.41, 5.74) is 3.37. The fraction of sp³-hybridized carbons (Fsp3) is 0.321. The minimum Gasteiger partial charge on any atom is -0.496 e. The number of hydrogen-bond acceptors (Lipinski definition) is 5. The number of amides is 1. The first-order valence-electron chi connectivity index (χ1n) is 11.8. The smallest absolute Gasteiger partial charge is 0.241 e. The monoisotopic (exact) mass is 510 g/mol. The predicted molar refractivity (Wildman–Crippen MR) is 144 cm³/mol. The van der Waals surface area contributed by atoms with Gasteiger partial charge in [0.2, 0.25) is 15.9 Å². The molecule has 0 aliphatic carbocycles. The van der Waals surface area contributed by atoms with Crippen molar-refractivity contribution in [2.75, 3.05) is 24.2 Å². The van der Waals surface area contributed by atoms with Crippen LogP contribution in [0.1, 0.15) is 49.4 Å². The third-order valence-electron chi connectivity index (χ3n) is 5.88. The van der Waals surface area contributed by atoms with Gasteiger partial charge in [-0.2, -0.15) is 0 Å². The van der Waals surface area contributed by atoms with Gasteiger partial charge in [0.1, 0.15) is 23.8 Å². The number of aryl methyl sites for hydroxylation is 1. The first-order chi connectivity index (χ1) is 17.0. The number of para-hydroxylation sites is 1. The average molecular weight is 511 g/mol. The van der Waals surface area contributed by atoms with Crippen LogP contribution in [0.5, 0.6) is 17.2 Å². The number of carbonyl (C=O) groups excluding carboxylic acids is 1. The summed E-state index contributed by atoms with van der Waals surface area (Å²) in [6.45, 7) is 7.68. The fourth-order valence-electron chi connectivity index (χ4n) is 4.01. The quantitative estimate of drug-likeness (QED) is 0.386. The van der Waals surface area contributed by atoms with E-state index in [0.717, 1.165) is 33.0 Å². The summed E-state index contributed by atoms with van der Waals surface area (Å²) >= 11 is 0. The van der Waals surface area contributed by atoms with E-state index < -0.39 is 15.9 Å². The number of rotatable bonds is 10. The van der Waals surface area contributed by atoms with Crippen LogP contribution in [0, 0.1) is 6.92 Å². The van der Waals surface area contributed by atoms with Crippen molar-refractivity contribution in [3.8, 4) is 17.2 Å². The molecule has 192 valence electrons. The van der Waals surface area contributed by atoms with Crippen molar-refractivity contribution in [3.63, 3.8) is 0 Å². The number of nitrogens with zero attached hydrogens (tertiary/aromatic N) is 1. The van der Waals surface area contributed by atoms with Crippen LogP contribution in [0.25, 0.3) is 0 Å². The minimum absolute atomic E-state index is 0.247. The van der Waals surface area contributed by atoms with Crippen molar-refractivity contribution in [2.45, 2.75) is 39.7 Å². The standard InChI is InChI=1S/C28H34N2O5S/c1-19(2)25-17-26(20(3)16-27(25)34-5)21(4)29-28(31)18-30(36(6,32)33)22-12-14-24(15-13-22)35-23-10-8-7-9-11-23/h7-17,19,21H,18H2,1-6H3,(H,29,31). The van der Waals surface area contributed by atoms with Gasteiger partial charge in [-0.15, -0.1) is 0 Å². The van der Waals surface area contributed by atoms with E-state index in [1.165, 1.54) is 0 Å². The Labute approximate surface area is 214 Å². The largest absolute Gasteiger partial charge is 0.496 e. The molecule has 8 heteroatoms. The lowest BCUT2D eigenvalue weighted by Gasteiger charge is -2.24. The van der Waals surface area contributed by atoms with Crippen LogP contribution in [0.3, 0.4) is 0 Å². The van der Waals surface area contributed by atoms with E-state index >= 15 is 0 Å². The molecule has 3 aromatic carbocycles. The molecule has 0 aliphatic heterocycles. The van der Waals surface area contributed by atoms with Crippen LogP contribution >= 0.6 is 0 Å². The second-order valence-electron chi connectivity index (χ2n) is 9.07. The van der Waals surface area contributed by atoms with Gasteiger partial charge in [0.25, 0.3) is 0 Å². The maximum absolute atomic E-state index is 13.0. The highest BCUT2D eigenvalue weighted by atomic mass is 32.2. The van der Waals surface area contributed by atoms with E-state index in [1.807, 2.05) is 56.3 Å². The molecule has 7 nitrogen and oxygen atoms in total. The zero-order valence-electron chi connectivity index (χ0n) is 21.6. The molecule has 0 fully saturated rings. The van der Waals surface area contributed by atoms with Gasteiger partial charge in [-0.3, -0.25) is 9.10 Å². The lowest BCUT2D eigenvalue weighted by atomic mass is 9.93. The molecule has 0 heterocycles. The van der Waals surface area contributed by atoms with Crippen molar-refractivity contribution in [1.29, 1.82) is 0 Å². The number of hydrogen-bond donors (Lipinski definition) is 1. The number of anilines is 1. The molecule has 36 heavy (non-hydrogen) atoms. The molecule has 0 saturated heterocycles. The minimum atomic E-state index is -3.71. The number of methoxy groups -OCH3 is 1. The Bertz CT molecular complexity index is 1290. The summed E-state index contributed by atoms with van der Waals surface area (Å²) in [6.07, 6.45) is 1.08. The van der Waals surface area contributed by atoms with E-state index in [1.54, 1.807) is 31.4 Å². The molecule has 3 rings (SSSR count). The second kappa shape index (κ2) is 11.5. The van der Waals surface area contributed by atoms with Gasteiger partial charge in [-0.05, 0) is 85.0 Å². The van der Waals surface area contributed by atoms with Crippen molar-refractivity contribution < 1.29 is 22.7 Å². The summed E-state index contributed by atoms with van der Waals surface area (Å²) in [5, 5.41) is 2.95. The maximum atomic E-state index is 13.0. The van der Waals surface area contributed by atoms with Gasteiger partial charge >= 0.3 is 0 Å². The molecule has 0 bridgehead atoms. The third kappa shape index (κ3) is 6.79. The summed E-state index contributed by atoms with van der Waals surface area (Å²) in [7, 11) is -2.06. The molecule has 3 aromatic rings. The molecule has 1 unspecified atom stereocenters. The summed E-state index contributed by atoms with van der Waals surface area (Å²) < 4.78 is 37.5. The SMILES string of the molecule is COc1cc(C)c(C(C)NC(=O)CN(c2ccc(Oc3ccccc3)cc2)S(C)(=O)=O)cc1C(C)C. The highest BCUT2D eigenvalue weighted by molar-refractivity contribution is 7.92. The highest BCUT2D eigenvalue weighted by Gasteiger charge is 2.23. The van der Waals surface area contributed by atoms with E-state index in [4.69, 9.17) is 9.47 Å². The number of ether oxygens (including phenoxy) is 2. The molecule has 0 saturated carbocycles. The van der Waals surface area contributed by atoms with E-state index in [2.05, 4.69) is 19.2 Å². The van der Waals surface area contributed by atoms with E-state index in [-0.39, 0.29) is 18.5 Å². The van der Waals surface area contributed by atoms with Crippen LogP contribution < -0.4 is 19.1 Å². The third-order valence-corrected chi connectivity index (χ3v) is 7.02. The first-order valence-corrected chi connectivity index (χ1v) is 13.6. The molecule has 0 aliphatic rings. The van der Waals surface area contributed by atoms with Gasteiger partial charge < -0.3 is 14.8 Å². The van der Waals surface area contributed by atoms with Crippen LogP contribution in [0.15, 0.2) is 66.7 Å². The Morgan fingerprint density at radius 3 is 2.11 bits per heavy atom. The molecule has 0 spiro atoms. The van der Waals surface area contributed by atoms with Crippen molar-refractivity contribution in [3.05, 3.63) is 83.4 Å². The number of sulfonamides is 1. The topological polar surface area (TPSA) is 84.9 Å². The summed E-state index contributed by atoms with van der Waals surface area (Å²) in [6, 6.07) is 19.6.